The van der Waals surface area contributed by atoms with Gasteiger partial charge in [-0.15, -0.1) is 0 Å². The number of benzene rings is 2. The average Bonchev–Trinajstić information content (AvgIpc) is 2.55. The minimum Gasteiger partial charge on any atom is -0.495 e. The number of halogens is 2. The Balaban J connectivity index is 2.38. The number of anilines is 2. The molecule has 0 aliphatic carbocycles. The summed E-state index contributed by atoms with van der Waals surface area (Å²) in [7, 11) is -2.50. The van der Waals surface area contributed by atoms with Crippen molar-refractivity contribution in [1.29, 1.82) is 0 Å². The first-order valence-electron chi connectivity index (χ1n) is 7.53. The number of carbonyl (C=O) groups is 1. The molecule has 0 saturated carbocycles. The first-order valence-corrected chi connectivity index (χ1v) is 9.76. The fourth-order valence-corrected chi connectivity index (χ4v) is 3.77. The molecule has 0 heterocycles. The molecular weight excluding hydrogens is 383 g/mol. The van der Waals surface area contributed by atoms with Gasteiger partial charge in [-0.05, 0) is 37.3 Å². The number of nitrogens with zero attached hydrogens (tertiary/aromatic N) is 1. The lowest BCUT2D eigenvalue weighted by Crippen LogP contribution is -2.45. The van der Waals surface area contributed by atoms with E-state index in [1.54, 1.807) is 12.1 Å². The van der Waals surface area contributed by atoms with Crippen molar-refractivity contribution in [3.05, 3.63) is 53.3 Å². The van der Waals surface area contributed by atoms with E-state index < -0.39 is 27.8 Å². The van der Waals surface area contributed by atoms with Gasteiger partial charge in [-0.1, -0.05) is 23.7 Å². The van der Waals surface area contributed by atoms with E-state index in [2.05, 4.69) is 5.32 Å². The SMILES string of the molecule is COc1ccc(Cl)cc1NC(=O)[C@@H](C)N(c1ccccc1F)S(C)(=O)=O. The van der Waals surface area contributed by atoms with E-state index in [4.69, 9.17) is 16.3 Å². The lowest BCUT2D eigenvalue weighted by atomic mass is 10.2. The van der Waals surface area contributed by atoms with Crippen molar-refractivity contribution in [1.82, 2.24) is 0 Å². The van der Waals surface area contributed by atoms with E-state index in [1.165, 1.54) is 38.3 Å². The zero-order valence-corrected chi connectivity index (χ0v) is 15.9. The number of hydrogen-bond acceptors (Lipinski definition) is 4. The third-order valence-electron chi connectivity index (χ3n) is 3.60. The maximum absolute atomic E-state index is 14.1. The Labute approximate surface area is 156 Å². The van der Waals surface area contributed by atoms with Crippen LogP contribution in [0, 0.1) is 5.82 Å². The Hall–Kier alpha value is -2.32. The first kappa shape index (κ1) is 20.0. The zero-order chi connectivity index (χ0) is 19.5. The van der Waals surface area contributed by atoms with Crippen molar-refractivity contribution < 1.29 is 22.3 Å². The second-order valence-corrected chi connectivity index (χ2v) is 7.82. The Morgan fingerprint density at radius 1 is 1.27 bits per heavy atom. The fraction of sp³-hybridized carbons (Fsp3) is 0.235. The van der Waals surface area contributed by atoms with Gasteiger partial charge in [0.1, 0.15) is 17.6 Å². The summed E-state index contributed by atoms with van der Waals surface area (Å²) in [6.07, 6.45) is 0.906. The number of sulfonamides is 1. The monoisotopic (exact) mass is 400 g/mol. The Kier molecular flexibility index (Phi) is 6.09. The minimum absolute atomic E-state index is 0.212. The number of hydrogen-bond donors (Lipinski definition) is 1. The second-order valence-electron chi connectivity index (χ2n) is 5.52. The van der Waals surface area contributed by atoms with Gasteiger partial charge in [-0.25, -0.2) is 12.8 Å². The molecule has 0 bridgehead atoms. The lowest BCUT2D eigenvalue weighted by Gasteiger charge is -2.28. The maximum Gasteiger partial charge on any atom is 0.248 e. The van der Waals surface area contributed by atoms with E-state index >= 15 is 0 Å². The summed E-state index contributed by atoms with van der Waals surface area (Å²) >= 11 is 5.93. The molecule has 0 fully saturated rings. The van der Waals surface area contributed by atoms with Crippen molar-refractivity contribution in [2.75, 3.05) is 23.0 Å². The summed E-state index contributed by atoms with van der Waals surface area (Å²) < 4.78 is 44.4. The molecule has 9 heteroatoms. The summed E-state index contributed by atoms with van der Waals surface area (Å²) in [5.41, 5.74) is 0.0644. The Morgan fingerprint density at radius 2 is 1.92 bits per heavy atom. The number of ether oxygens (including phenoxy) is 1. The van der Waals surface area contributed by atoms with Crippen LogP contribution in [0.15, 0.2) is 42.5 Å². The van der Waals surface area contributed by atoms with E-state index in [9.17, 15) is 17.6 Å². The molecule has 0 saturated heterocycles. The molecule has 26 heavy (non-hydrogen) atoms. The van der Waals surface area contributed by atoms with Crippen LogP contribution in [-0.4, -0.2) is 33.7 Å². The molecule has 6 nitrogen and oxygen atoms in total. The minimum atomic E-state index is -3.93. The predicted molar refractivity (Wildman–Crippen MR) is 99.8 cm³/mol. The van der Waals surface area contributed by atoms with Crippen molar-refractivity contribution in [2.45, 2.75) is 13.0 Å². The maximum atomic E-state index is 14.1. The van der Waals surface area contributed by atoms with Gasteiger partial charge >= 0.3 is 0 Å². The molecule has 0 aliphatic heterocycles. The molecule has 1 amide bonds. The topological polar surface area (TPSA) is 75.7 Å². The number of carbonyl (C=O) groups excluding carboxylic acids is 1. The standard InChI is InChI=1S/C17H18ClFN2O4S/c1-11(17(22)20-14-10-12(18)8-9-16(14)25-2)21(26(3,23)24)15-7-5-4-6-13(15)19/h4-11H,1-3H3,(H,20,22)/t11-/m1/s1. The van der Waals surface area contributed by atoms with Gasteiger partial charge in [0.2, 0.25) is 15.9 Å². The largest absolute Gasteiger partial charge is 0.495 e. The number of methoxy groups -OCH3 is 1. The van der Waals surface area contributed by atoms with E-state index in [1.807, 2.05) is 0 Å². The molecule has 0 unspecified atom stereocenters. The number of amides is 1. The highest BCUT2D eigenvalue weighted by molar-refractivity contribution is 7.92. The summed E-state index contributed by atoms with van der Waals surface area (Å²) in [5, 5.41) is 2.93. The summed E-state index contributed by atoms with van der Waals surface area (Å²) in [6, 6.07) is 8.74. The van der Waals surface area contributed by atoms with Gasteiger partial charge in [0.25, 0.3) is 0 Å². The van der Waals surface area contributed by atoms with Crippen LogP contribution in [0.3, 0.4) is 0 Å². The van der Waals surface area contributed by atoms with Crippen LogP contribution in [0.5, 0.6) is 5.75 Å². The zero-order valence-electron chi connectivity index (χ0n) is 14.4. The predicted octanol–water partition coefficient (Wildman–Crippen LogP) is 3.28. The van der Waals surface area contributed by atoms with Crippen molar-refractivity contribution >= 4 is 38.9 Å². The highest BCUT2D eigenvalue weighted by Gasteiger charge is 2.31. The van der Waals surface area contributed by atoms with Crippen molar-refractivity contribution in [3.8, 4) is 5.75 Å². The molecule has 2 rings (SSSR count). The van der Waals surface area contributed by atoms with Crippen LogP contribution in [0.4, 0.5) is 15.8 Å². The van der Waals surface area contributed by atoms with Crippen LogP contribution in [0.2, 0.25) is 5.02 Å². The van der Waals surface area contributed by atoms with Crippen LogP contribution >= 0.6 is 11.6 Å². The van der Waals surface area contributed by atoms with E-state index in [0.717, 1.165) is 16.6 Å². The van der Waals surface area contributed by atoms with Gasteiger partial charge in [0, 0.05) is 5.02 Å². The Bertz CT molecular complexity index is 921. The number of para-hydroxylation sites is 1. The van der Waals surface area contributed by atoms with Crippen molar-refractivity contribution in [3.63, 3.8) is 0 Å². The van der Waals surface area contributed by atoms with Gasteiger partial charge in [-0.2, -0.15) is 0 Å². The highest BCUT2D eigenvalue weighted by Crippen LogP contribution is 2.29. The van der Waals surface area contributed by atoms with Crippen LogP contribution < -0.4 is 14.4 Å². The molecule has 2 aromatic carbocycles. The average molecular weight is 401 g/mol. The second kappa shape index (κ2) is 7.92. The molecule has 1 N–H and O–H groups in total. The van der Waals surface area contributed by atoms with Crippen molar-refractivity contribution in [2.24, 2.45) is 0 Å². The third-order valence-corrected chi connectivity index (χ3v) is 5.06. The number of nitrogens with one attached hydrogen (secondary N) is 1. The van der Waals surface area contributed by atoms with Gasteiger partial charge in [-0.3, -0.25) is 9.10 Å². The smallest absolute Gasteiger partial charge is 0.248 e. The normalized spacial score (nSPS) is 12.3. The first-order chi connectivity index (χ1) is 12.1. The molecule has 0 aromatic heterocycles. The van der Waals surface area contributed by atoms with Crippen LogP contribution in [0.1, 0.15) is 6.92 Å². The molecule has 0 radical (unpaired) electrons. The van der Waals surface area contributed by atoms with Crippen LogP contribution in [-0.2, 0) is 14.8 Å². The van der Waals surface area contributed by atoms with Crippen LogP contribution in [0.25, 0.3) is 0 Å². The van der Waals surface area contributed by atoms with Gasteiger partial charge < -0.3 is 10.1 Å². The lowest BCUT2D eigenvalue weighted by molar-refractivity contribution is -0.116. The third kappa shape index (κ3) is 4.44. The molecular formula is C17H18ClFN2O4S. The summed E-state index contributed by atoms with van der Waals surface area (Å²) in [6.45, 7) is 1.36. The molecule has 0 spiro atoms. The van der Waals surface area contributed by atoms with E-state index in [0.29, 0.717) is 10.8 Å². The molecule has 0 aliphatic rings. The van der Waals surface area contributed by atoms with Gasteiger partial charge in [0.05, 0.1) is 24.7 Å². The Morgan fingerprint density at radius 3 is 2.50 bits per heavy atom. The quantitative estimate of drug-likeness (QED) is 0.807. The highest BCUT2D eigenvalue weighted by atomic mass is 35.5. The molecule has 140 valence electrons. The van der Waals surface area contributed by atoms with E-state index in [-0.39, 0.29) is 11.4 Å². The summed E-state index contributed by atoms with van der Waals surface area (Å²) in [4.78, 5) is 12.6. The van der Waals surface area contributed by atoms with Gasteiger partial charge in [0.15, 0.2) is 0 Å². The fourth-order valence-electron chi connectivity index (χ4n) is 2.43. The molecule has 1 atom stereocenters. The summed E-state index contributed by atoms with van der Waals surface area (Å²) in [5.74, 6) is -1.07. The number of rotatable bonds is 6. The molecule has 2 aromatic rings.